The minimum absolute atomic E-state index is 0.0602. The number of hydrogen-bond acceptors (Lipinski definition) is 3. The first-order valence-corrected chi connectivity index (χ1v) is 7.62. The van der Waals surface area contributed by atoms with Crippen LogP contribution in [0.1, 0.15) is 30.6 Å². The van der Waals surface area contributed by atoms with E-state index in [0.717, 1.165) is 22.3 Å². The lowest BCUT2D eigenvalue weighted by Crippen LogP contribution is -2.31. The maximum absolute atomic E-state index is 12.0. The highest BCUT2D eigenvalue weighted by Gasteiger charge is 2.10. The molecule has 0 fully saturated rings. The van der Waals surface area contributed by atoms with E-state index in [4.69, 9.17) is 0 Å². The van der Waals surface area contributed by atoms with Gasteiger partial charge in [-0.05, 0) is 68.0 Å². The zero-order chi connectivity index (χ0) is 14.4. The average molecular weight is 345 g/mol. The van der Waals surface area contributed by atoms with Gasteiger partial charge in [0.25, 0.3) is 5.91 Å². The second-order valence-corrected chi connectivity index (χ2v) is 6.22. The molecule has 0 unspecified atom stereocenters. The maximum atomic E-state index is 12.0. The molecule has 0 saturated heterocycles. The van der Waals surface area contributed by atoms with Crippen LogP contribution in [-0.4, -0.2) is 37.0 Å². The number of carbonyl (C=O) groups is 1. The molecule has 0 radical (unpaired) electrons. The van der Waals surface area contributed by atoms with Gasteiger partial charge >= 0.3 is 0 Å². The van der Waals surface area contributed by atoms with E-state index in [-0.39, 0.29) is 5.91 Å². The Kier molecular flexibility index (Phi) is 6.89. The van der Waals surface area contributed by atoms with E-state index in [9.17, 15) is 4.79 Å². The summed E-state index contributed by atoms with van der Waals surface area (Å²) in [6.07, 6.45) is 0.943. The Morgan fingerprint density at radius 2 is 2.16 bits per heavy atom. The van der Waals surface area contributed by atoms with E-state index in [2.05, 4.69) is 59.7 Å². The van der Waals surface area contributed by atoms with E-state index in [1.807, 2.05) is 12.1 Å². The van der Waals surface area contributed by atoms with Crippen molar-refractivity contribution >= 4 is 34.5 Å². The number of nitrogens with zero attached hydrogens (tertiary/aromatic N) is 1. The molecule has 1 aromatic rings. The van der Waals surface area contributed by atoms with E-state index in [0.29, 0.717) is 18.2 Å². The van der Waals surface area contributed by atoms with Gasteiger partial charge in [-0.25, -0.2) is 0 Å². The highest BCUT2D eigenvalue weighted by Crippen LogP contribution is 2.20. The van der Waals surface area contributed by atoms with Crippen LogP contribution in [-0.2, 0) is 0 Å². The van der Waals surface area contributed by atoms with Crippen LogP contribution in [0.4, 0.5) is 0 Å². The predicted octanol–water partition coefficient (Wildman–Crippen LogP) is 3.20. The van der Waals surface area contributed by atoms with Crippen molar-refractivity contribution in [1.82, 2.24) is 10.2 Å². The second-order valence-electron chi connectivity index (χ2n) is 4.85. The molecule has 1 aromatic carbocycles. The molecule has 0 atom stereocenters. The lowest BCUT2D eigenvalue weighted by molar-refractivity contribution is 0.0950. The van der Waals surface area contributed by atoms with Crippen LogP contribution in [0.15, 0.2) is 27.6 Å². The molecule has 0 aliphatic carbocycles. The van der Waals surface area contributed by atoms with E-state index < -0.39 is 0 Å². The summed E-state index contributed by atoms with van der Waals surface area (Å²) in [4.78, 5) is 15.1. The number of halogens is 1. The monoisotopic (exact) mass is 344 g/mol. The van der Waals surface area contributed by atoms with Gasteiger partial charge in [0, 0.05) is 22.0 Å². The highest BCUT2D eigenvalue weighted by molar-refractivity contribution is 9.10. The van der Waals surface area contributed by atoms with Gasteiger partial charge in [0.15, 0.2) is 0 Å². The number of nitrogens with one attached hydrogen (secondary N) is 1. The van der Waals surface area contributed by atoms with Crippen molar-refractivity contribution in [1.29, 1.82) is 0 Å². The van der Waals surface area contributed by atoms with Crippen LogP contribution >= 0.6 is 28.6 Å². The Labute approximate surface area is 129 Å². The Balaban J connectivity index is 2.41. The summed E-state index contributed by atoms with van der Waals surface area (Å²) in [7, 11) is 2.09. The van der Waals surface area contributed by atoms with Crippen molar-refractivity contribution in [3.8, 4) is 0 Å². The van der Waals surface area contributed by atoms with Crippen molar-refractivity contribution in [2.45, 2.75) is 31.2 Å². The normalized spacial score (nSPS) is 11.1. The summed E-state index contributed by atoms with van der Waals surface area (Å²) in [5, 5.41) is 2.93. The molecule has 0 bridgehead atoms. The van der Waals surface area contributed by atoms with Crippen LogP contribution in [0.25, 0.3) is 0 Å². The predicted molar refractivity (Wildman–Crippen MR) is 86.1 cm³/mol. The molecule has 1 amide bonds. The number of amides is 1. The van der Waals surface area contributed by atoms with Gasteiger partial charge in [0.2, 0.25) is 0 Å². The Bertz CT molecular complexity index is 437. The summed E-state index contributed by atoms with van der Waals surface area (Å²) in [5.74, 6) is -0.0602. The largest absolute Gasteiger partial charge is 0.352 e. The third-order valence-corrected chi connectivity index (χ3v) is 4.02. The third kappa shape index (κ3) is 5.55. The van der Waals surface area contributed by atoms with E-state index in [1.165, 1.54) is 0 Å². The summed E-state index contributed by atoms with van der Waals surface area (Å²) < 4.78 is 0.794. The smallest absolute Gasteiger partial charge is 0.252 e. The lowest BCUT2D eigenvalue weighted by atomic mass is 10.2. The van der Waals surface area contributed by atoms with Crippen molar-refractivity contribution in [3.05, 3.63) is 28.2 Å². The number of rotatable bonds is 6. The molecular weight excluding hydrogens is 324 g/mol. The number of carbonyl (C=O) groups excluding carboxylic acids is 1. The molecular formula is C14H21BrN2OS. The van der Waals surface area contributed by atoms with Crippen LogP contribution in [0.5, 0.6) is 0 Å². The number of benzene rings is 1. The van der Waals surface area contributed by atoms with Gasteiger partial charge in [-0.3, -0.25) is 4.79 Å². The standard InChI is InChI=1S/C14H21BrN2OS/c1-10(2)17(3)8-4-7-16-14(18)12-9-11(19)5-6-13(12)15/h5-6,9-10,19H,4,7-8H2,1-3H3,(H,16,18). The summed E-state index contributed by atoms with van der Waals surface area (Å²) in [6, 6.07) is 5.99. The summed E-state index contributed by atoms with van der Waals surface area (Å²) in [5.41, 5.74) is 0.629. The van der Waals surface area contributed by atoms with Crippen molar-refractivity contribution < 1.29 is 4.79 Å². The first-order chi connectivity index (χ1) is 8.91. The van der Waals surface area contributed by atoms with Gasteiger partial charge in [0.05, 0.1) is 5.56 Å². The lowest BCUT2D eigenvalue weighted by Gasteiger charge is -2.20. The molecule has 0 aromatic heterocycles. The highest BCUT2D eigenvalue weighted by atomic mass is 79.9. The molecule has 0 aliphatic rings. The van der Waals surface area contributed by atoms with E-state index in [1.54, 1.807) is 6.07 Å². The number of hydrogen-bond donors (Lipinski definition) is 2. The van der Waals surface area contributed by atoms with Crippen molar-refractivity contribution in [3.63, 3.8) is 0 Å². The molecule has 0 aliphatic heterocycles. The Morgan fingerprint density at radius 1 is 1.47 bits per heavy atom. The van der Waals surface area contributed by atoms with Gasteiger partial charge in [-0.1, -0.05) is 0 Å². The van der Waals surface area contributed by atoms with Crippen molar-refractivity contribution in [2.75, 3.05) is 20.1 Å². The van der Waals surface area contributed by atoms with E-state index >= 15 is 0 Å². The van der Waals surface area contributed by atoms with Gasteiger partial charge < -0.3 is 10.2 Å². The van der Waals surface area contributed by atoms with Gasteiger partial charge in [-0.2, -0.15) is 0 Å². The first-order valence-electron chi connectivity index (χ1n) is 6.38. The zero-order valence-electron chi connectivity index (χ0n) is 11.6. The fourth-order valence-corrected chi connectivity index (χ4v) is 2.20. The fourth-order valence-electron chi connectivity index (χ4n) is 1.57. The summed E-state index contributed by atoms with van der Waals surface area (Å²) >= 11 is 7.63. The fraction of sp³-hybridized carbons (Fsp3) is 0.500. The minimum Gasteiger partial charge on any atom is -0.352 e. The zero-order valence-corrected chi connectivity index (χ0v) is 14.1. The molecule has 0 heterocycles. The van der Waals surface area contributed by atoms with Crippen LogP contribution in [0.2, 0.25) is 0 Å². The topological polar surface area (TPSA) is 32.3 Å². The van der Waals surface area contributed by atoms with Crippen LogP contribution in [0.3, 0.4) is 0 Å². The van der Waals surface area contributed by atoms with Crippen molar-refractivity contribution in [2.24, 2.45) is 0 Å². The molecule has 106 valence electrons. The Hall–Kier alpha value is -0.520. The molecule has 0 spiro atoms. The Morgan fingerprint density at radius 3 is 2.79 bits per heavy atom. The third-order valence-electron chi connectivity index (χ3n) is 3.05. The first kappa shape index (κ1) is 16.5. The van der Waals surface area contributed by atoms with Crippen LogP contribution in [0, 0.1) is 0 Å². The molecule has 1 rings (SSSR count). The second kappa shape index (κ2) is 7.92. The molecule has 3 nitrogen and oxygen atoms in total. The molecule has 0 saturated carbocycles. The molecule has 5 heteroatoms. The van der Waals surface area contributed by atoms with Gasteiger partial charge in [0.1, 0.15) is 0 Å². The summed E-state index contributed by atoms with van der Waals surface area (Å²) in [6.45, 7) is 5.98. The molecule has 19 heavy (non-hydrogen) atoms. The van der Waals surface area contributed by atoms with Gasteiger partial charge in [-0.15, -0.1) is 12.6 Å². The minimum atomic E-state index is -0.0602. The molecule has 1 N–H and O–H groups in total. The maximum Gasteiger partial charge on any atom is 0.252 e. The van der Waals surface area contributed by atoms with Crippen LogP contribution < -0.4 is 5.32 Å². The number of thiol groups is 1. The SMILES string of the molecule is CC(C)N(C)CCCNC(=O)c1cc(S)ccc1Br. The quantitative estimate of drug-likeness (QED) is 0.613. The average Bonchev–Trinajstić information content (AvgIpc) is 2.36.